The zero-order valence-electron chi connectivity index (χ0n) is 10.0. The molecule has 2 N–H and O–H groups in total. The summed E-state index contributed by atoms with van der Waals surface area (Å²) in [6.07, 6.45) is 4.23. The van der Waals surface area contributed by atoms with E-state index in [4.69, 9.17) is 5.11 Å². The maximum absolute atomic E-state index is 11.2. The molecule has 17 heavy (non-hydrogen) atoms. The van der Waals surface area contributed by atoms with Crippen LogP contribution in [0.5, 0.6) is 0 Å². The zero-order chi connectivity index (χ0) is 12.7. The Balaban J connectivity index is 1.99. The zero-order valence-corrected chi connectivity index (χ0v) is 10.8. The Labute approximate surface area is 103 Å². The van der Waals surface area contributed by atoms with E-state index in [1.54, 1.807) is 0 Å². The van der Waals surface area contributed by atoms with Crippen LogP contribution >= 0.6 is 0 Å². The van der Waals surface area contributed by atoms with Gasteiger partial charge in [-0.15, -0.1) is 0 Å². The van der Waals surface area contributed by atoms with E-state index < -0.39 is 15.8 Å². The molecule has 1 aliphatic rings. The predicted molar refractivity (Wildman–Crippen MR) is 65.8 cm³/mol. The first kappa shape index (κ1) is 14.4. The number of hydrogen-bond acceptors (Lipinski definition) is 4. The Hall–Kier alpha value is -0.620. The minimum Gasteiger partial charge on any atom is -0.481 e. The van der Waals surface area contributed by atoms with Gasteiger partial charge in [0.1, 0.15) is 9.84 Å². The number of carboxylic acids is 1. The number of unbranched alkanes of at least 4 members (excludes halogenated alkanes) is 2. The van der Waals surface area contributed by atoms with Gasteiger partial charge in [0.15, 0.2) is 0 Å². The Kier molecular flexibility index (Phi) is 5.91. The average Bonchev–Trinajstić information content (AvgIpc) is 2.25. The SMILES string of the molecule is O=C(O)CCCCCNC1CCS(=O)(=O)CC1. The minimum atomic E-state index is -2.77. The summed E-state index contributed by atoms with van der Waals surface area (Å²) in [5, 5.41) is 11.8. The van der Waals surface area contributed by atoms with E-state index in [1.807, 2.05) is 0 Å². The van der Waals surface area contributed by atoms with Crippen LogP contribution in [0, 0.1) is 0 Å². The molecule has 0 amide bonds. The molecule has 0 aromatic heterocycles. The molecule has 0 aliphatic carbocycles. The van der Waals surface area contributed by atoms with Crippen LogP contribution in [0.1, 0.15) is 38.5 Å². The highest BCUT2D eigenvalue weighted by molar-refractivity contribution is 7.91. The number of rotatable bonds is 7. The van der Waals surface area contributed by atoms with Gasteiger partial charge in [-0.3, -0.25) is 4.79 Å². The fraction of sp³-hybridized carbons (Fsp3) is 0.909. The maximum atomic E-state index is 11.2. The van der Waals surface area contributed by atoms with Crippen LogP contribution in [0.15, 0.2) is 0 Å². The molecule has 100 valence electrons. The Morgan fingerprint density at radius 2 is 1.82 bits per heavy atom. The van der Waals surface area contributed by atoms with Crippen molar-refractivity contribution in [2.24, 2.45) is 0 Å². The van der Waals surface area contributed by atoms with Crippen molar-refractivity contribution in [2.75, 3.05) is 18.1 Å². The van der Waals surface area contributed by atoms with Crippen LogP contribution in [0.25, 0.3) is 0 Å². The van der Waals surface area contributed by atoms with Crippen molar-refractivity contribution in [1.82, 2.24) is 5.32 Å². The molecule has 5 nitrogen and oxygen atoms in total. The molecular formula is C11H21NO4S. The third kappa shape index (κ3) is 6.63. The number of sulfone groups is 1. The minimum absolute atomic E-state index is 0.238. The van der Waals surface area contributed by atoms with Crippen LogP contribution in [0.2, 0.25) is 0 Å². The van der Waals surface area contributed by atoms with E-state index in [1.165, 1.54) is 0 Å². The smallest absolute Gasteiger partial charge is 0.303 e. The lowest BCUT2D eigenvalue weighted by atomic mass is 10.1. The van der Waals surface area contributed by atoms with Crippen molar-refractivity contribution < 1.29 is 18.3 Å². The molecule has 0 spiro atoms. The van der Waals surface area contributed by atoms with E-state index >= 15 is 0 Å². The molecule has 0 saturated carbocycles. The number of carboxylic acid groups (broad SMARTS) is 1. The van der Waals surface area contributed by atoms with Gasteiger partial charge in [-0.05, 0) is 32.2 Å². The lowest BCUT2D eigenvalue weighted by Crippen LogP contribution is -2.37. The lowest BCUT2D eigenvalue weighted by molar-refractivity contribution is -0.137. The molecule has 0 unspecified atom stereocenters. The van der Waals surface area contributed by atoms with Gasteiger partial charge in [0.2, 0.25) is 0 Å². The first-order chi connectivity index (χ1) is 7.99. The highest BCUT2D eigenvalue weighted by atomic mass is 32.2. The molecule has 1 fully saturated rings. The van der Waals surface area contributed by atoms with Gasteiger partial charge < -0.3 is 10.4 Å². The Morgan fingerprint density at radius 3 is 2.41 bits per heavy atom. The van der Waals surface area contributed by atoms with E-state index in [0.29, 0.717) is 30.4 Å². The molecule has 0 aromatic carbocycles. The summed E-state index contributed by atoms with van der Waals surface area (Å²) in [6, 6.07) is 0.318. The van der Waals surface area contributed by atoms with Gasteiger partial charge in [0, 0.05) is 12.5 Å². The normalized spacial score (nSPS) is 20.2. The van der Waals surface area contributed by atoms with Gasteiger partial charge in [-0.1, -0.05) is 6.42 Å². The molecule has 1 heterocycles. The van der Waals surface area contributed by atoms with Crippen LogP contribution in [-0.2, 0) is 14.6 Å². The molecule has 6 heteroatoms. The second-order valence-corrected chi connectivity index (χ2v) is 6.89. The van der Waals surface area contributed by atoms with Crippen LogP contribution in [0.4, 0.5) is 0 Å². The predicted octanol–water partition coefficient (Wildman–Crippen LogP) is 0.798. The monoisotopic (exact) mass is 263 g/mol. The number of hydrogen-bond donors (Lipinski definition) is 2. The van der Waals surface area contributed by atoms with Crippen LogP contribution in [0.3, 0.4) is 0 Å². The summed E-state index contributed by atoms with van der Waals surface area (Å²) in [4.78, 5) is 10.3. The molecule has 1 rings (SSSR count). The third-order valence-corrected chi connectivity index (χ3v) is 4.77. The summed E-state index contributed by atoms with van der Waals surface area (Å²) in [5.74, 6) is -0.150. The molecule has 0 bridgehead atoms. The number of carbonyl (C=O) groups is 1. The summed E-state index contributed by atoms with van der Waals surface area (Å²) in [6.45, 7) is 0.852. The highest BCUT2D eigenvalue weighted by Crippen LogP contribution is 2.12. The summed E-state index contributed by atoms with van der Waals surface area (Å²) >= 11 is 0. The van der Waals surface area contributed by atoms with Crippen molar-refractivity contribution in [3.05, 3.63) is 0 Å². The number of nitrogens with one attached hydrogen (secondary N) is 1. The second kappa shape index (κ2) is 6.96. The lowest BCUT2D eigenvalue weighted by Gasteiger charge is -2.23. The molecule has 1 saturated heterocycles. The van der Waals surface area contributed by atoms with Gasteiger partial charge in [0.05, 0.1) is 11.5 Å². The van der Waals surface area contributed by atoms with E-state index in [0.717, 1.165) is 25.8 Å². The third-order valence-electron chi connectivity index (χ3n) is 3.06. The fourth-order valence-corrected chi connectivity index (χ4v) is 3.47. The Morgan fingerprint density at radius 1 is 1.18 bits per heavy atom. The topological polar surface area (TPSA) is 83.5 Å². The molecule has 1 aliphatic heterocycles. The van der Waals surface area contributed by atoms with Gasteiger partial charge >= 0.3 is 5.97 Å². The van der Waals surface area contributed by atoms with Crippen molar-refractivity contribution in [1.29, 1.82) is 0 Å². The van der Waals surface area contributed by atoms with Crippen LogP contribution in [-0.4, -0.2) is 43.6 Å². The van der Waals surface area contributed by atoms with Crippen molar-refractivity contribution in [3.63, 3.8) is 0 Å². The number of aliphatic carboxylic acids is 1. The standard InChI is InChI=1S/C11H21NO4S/c13-11(14)4-2-1-3-7-12-10-5-8-17(15,16)9-6-10/h10,12H,1-9H2,(H,13,14). The van der Waals surface area contributed by atoms with Crippen molar-refractivity contribution in [2.45, 2.75) is 44.6 Å². The summed E-state index contributed by atoms with van der Waals surface area (Å²) < 4.78 is 22.4. The fourth-order valence-electron chi connectivity index (χ4n) is 1.98. The van der Waals surface area contributed by atoms with E-state index in [-0.39, 0.29) is 6.42 Å². The summed E-state index contributed by atoms with van der Waals surface area (Å²) in [5.41, 5.74) is 0. The average molecular weight is 263 g/mol. The van der Waals surface area contributed by atoms with E-state index in [2.05, 4.69) is 5.32 Å². The van der Waals surface area contributed by atoms with E-state index in [9.17, 15) is 13.2 Å². The first-order valence-electron chi connectivity index (χ1n) is 6.15. The molecule has 0 radical (unpaired) electrons. The molecule has 0 atom stereocenters. The largest absolute Gasteiger partial charge is 0.481 e. The van der Waals surface area contributed by atoms with Crippen LogP contribution < -0.4 is 5.32 Å². The van der Waals surface area contributed by atoms with Gasteiger partial charge in [0.25, 0.3) is 0 Å². The summed E-state index contributed by atoms with van der Waals surface area (Å²) in [7, 11) is -2.77. The maximum Gasteiger partial charge on any atom is 0.303 e. The molecular weight excluding hydrogens is 242 g/mol. The van der Waals surface area contributed by atoms with Crippen molar-refractivity contribution in [3.8, 4) is 0 Å². The van der Waals surface area contributed by atoms with Gasteiger partial charge in [-0.2, -0.15) is 0 Å². The van der Waals surface area contributed by atoms with Crippen molar-refractivity contribution >= 4 is 15.8 Å². The van der Waals surface area contributed by atoms with Gasteiger partial charge in [-0.25, -0.2) is 8.42 Å². The Bertz CT molecular complexity index is 325. The first-order valence-corrected chi connectivity index (χ1v) is 7.97. The quantitative estimate of drug-likeness (QED) is 0.664. The molecule has 0 aromatic rings. The second-order valence-electron chi connectivity index (χ2n) is 4.58. The highest BCUT2D eigenvalue weighted by Gasteiger charge is 2.22.